The largest absolute Gasteiger partial charge is 0.206 e. The lowest BCUT2D eigenvalue weighted by molar-refractivity contribution is 0.589. The predicted octanol–water partition coefficient (Wildman–Crippen LogP) is 3.96. The van der Waals surface area contributed by atoms with Gasteiger partial charge in [-0.2, -0.15) is 5.26 Å². The molecule has 0 aliphatic carbocycles. The van der Waals surface area contributed by atoms with E-state index in [1.807, 2.05) is 0 Å². The van der Waals surface area contributed by atoms with E-state index in [2.05, 4.69) is 6.07 Å². The third kappa shape index (κ3) is 2.13. The van der Waals surface area contributed by atoms with Crippen LogP contribution in [0.25, 0.3) is 11.1 Å². The summed E-state index contributed by atoms with van der Waals surface area (Å²) in [5, 5.41) is 8.72. The first-order valence-electron chi connectivity index (χ1n) is 4.69. The van der Waals surface area contributed by atoms with Crippen molar-refractivity contribution in [1.29, 1.82) is 5.26 Å². The van der Waals surface area contributed by atoms with Gasteiger partial charge in [0.15, 0.2) is 0 Å². The molecule has 0 aromatic heterocycles. The van der Waals surface area contributed by atoms with Gasteiger partial charge in [-0.05, 0) is 12.1 Å². The van der Waals surface area contributed by atoms with Gasteiger partial charge in [-0.1, -0.05) is 29.8 Å². The van der Waals surface area contributed by atoms with Crippen LogP contribution in [0.5, 0.6) is 0 Å². The maximum absolute atomic E-state index is 13.7. The standard InChI is InChI=1S/C13H5ClF2N/c14-10-4-2-1-3-9(10)13-11(15)5-8(7-17)6-12(13)16/h1-3,5-6H. The van der Waals surface area contributed by atoms with Gasteiger partial charge in [0.25, 0.3) is 0 Å². The van der Waals surface area contributed by atoms with Gasteiger partial charge in [-0.25, -0.2) is 8.78 Å². The van der Waals surface area contributed by atoms with Gasteiger partial charge in [-0.3, -0.25) is 0 Å². The van der Waals surface area contributed by atoms with Crippen LogP contribution in [0.4, 0.5) is 8.78 Å². The third-order valence-corrected chi connectivity index (χ3v) is 2.56. The van der Waals surface area contributed by atoms with Crippen molar-refractivity contribution >= 4 is 11.6 Å². The second kappa shape index (κ2) is 4.52. The zero-order valence-electron chi connectivity index (χ0n) is 8.47. The molecule has 1 radical (unpaired) electrons. The predicted molar refractivity (Wildman–Crippen MR) is 60.4 cm³/mol. The molecule has 0 heterocycles. The van der Waals surface area contributed by atoms with Crippen molar-refractivity contribution in [1.82, 2.24) is 0 Å². The minimum absolute atomic E-state index is 0.0696. The van der Waals surface area contributed by atoms with E-state index in [9.17, 15) is 8.78 Å². The smallest absolute Gasteiger partial charge is 0.135 e. The van der Waals surface area contributed by atoms with E-state index < -0.39 is 11.6 Å². The molecule has 1 nitrogen and oxygen atoms in total. The molecule has 17 heavy (non-hydrogen) atoms. The highest BCUT2D eigenvalue weighted by Gasteiger charge is 2.15. The number of rotatable bonds is 1. The molecule has 0 saturated heterocycles. The van der Waals surface area contributed by atoms with Crippen LogP contribution in [0.1, 0.15) is 5.56 Å². The van der Waals surface area contributed by atoms with Crippen LogP contribution in [0.2, 0.25) is 5.02 Å². The second-order valence-corrected chi connectivity index (χ2v) is 3.70. The van der Waals surface area contributed by atoms with Crippen LogP contribution in [0, 0.1) is 29.0 Å². The summed E-state index contributed by atoms with van der Waals surface area (Å²) >= 11 is 5.82. The average molecular weight is 249 g/mol. The molecule has 0 atom stereocenters. The molecule has 4 heteroatoms. The number of hydrogen-bond donors (Lipinski definition) is 0. The molecule has 2 rings (SSSR count). The van der Waals surface area contributed by atoms with Crippen LogP contribution in [-0.4, -0.2) is 0 Å². The van der Waals surface area contributed by atoms with E-state index in [-0.39, 0.29) is 21.7 Å². The van der Waals surface area contributed by atoms with E-state index in [1.165, 1.54) is 6.07 Å². The summed E-state index contributed by atoms with van der Waals surface area (Å²) in [5.41, 5.74) is -0.0979. The normalized spacial score (nSPS) is 10.0. The molecule has 0 fully saturated rings. The highest BCUT2D eigenvalue weighted by Crippen LogP contribution is 2.32. The molecule has 2 aromatic rings. The molecular formula is C13H5ClF2N. The van der Waals surface area contributed by atoms with Crippen LogP contribution in [0.15, 0.2) is 30.3 Å². The maximum atomic E-state index is 13.7. The Kier molecular flexibility index (Phi) is 3.08. The summed E-state index contributed by atoms with van der Waals surface area (Å²) in [6.45, 7) is 0. The molecule has 0 aliphatic heterocycles. The van der Waals surface area contributed by atoms with Gasteiger partial charge >= 0.3 is 0 Å². The van der Waals surface area contributed by atoms with Gasteiger partial charge in [0.05, 0.1) is 22.2 Å². The van der Waals surface area contributed by atoms with Gasteiger partial charge in [-0.15, -0.1) is 0 Å². The average Bonchev–Trinajstić information content (AvgIpc) is 2.30. The van der Waals surface area contributed by atoms with Crippen molar-refractivity contribution in [2.75, 3.05) is 0 Å². The number of hydrogen-bond acceptors (Lipinski definition) is 1. The second-order valence-electron chi connectivity index (χ2n) is 3.32. The summed E-state index contributed by atoms with van der Waals surface area (Å²) in [4.78, 5) is 0. The first-order chi connectivity index (χ1) is 8.13. The highest BCUT2D eigenvalue weighted by atomic mass is 35.5. The minimum atomic E-state index is -0.817. The number of benzene rings is 2. The Morgan fingerprint density at radius 3 is 2.41 bits per heavy atom. The van der Waals surface area contributed by atoms with Gasteiger partial charge < -0.3 is 0 Å². The number of halogens is 3. The Hall–Kier alpha value is -1.92. The Morgan fingerprint density at radius 2 is 1.88 bits per heavy atom. The molecule has 0 amide bonds. The lowest BCUT2D eigenvalue weighted by Crippen LogP contribution is -1.93. The van der Waals surface area contributed by atoms with Crippen molar-refractivity contribution in [2.45, 2.75) is 0 Å². The Bertz CT molecular complexity index is 594. The van der Waals surface area contributed by atoms with Crippen molar-refractivity contribution in [2.24, 2.45) is 0 Å². The zero-order valence-corrected chi connectivity index (χ0v) is 9.22. The number of nitriles is 1. The molecule has 0 unspecified atom stereocenters. The van der Waals surface area contributed by atoms with Crippen molar-refractivity contribution in [3.8, 4) is 17.2 Å². The van der Waals surface area contributed by atoms with Gasteiger partial charge in [0.2, 0.25) is 0 Å². The third-order valence-electron chi connectivity index (χ3n) is 2.25. The van der Waals surface area contributed by atoms with Crippen LogP contribution >= 0.6 is 11.6 Å². The lowest BCUT2D eigenvalue weighted by atomic mass is 10.0. The summed E-state index contributed by atoms with van der Waals surface area (Å²) < 4.78 is 27.4. The van der Waals surface area contributed by atoms with Crippen molar-refractivity contribution in [3.05, 3.63) is 58.6 Å². The first kappa shape index (κ1) is 11.6. The summed E-state index contributed by atoms with van der Waals surface area (Å²) in [7, 11) is 0. The fraction of sp³-hybridized carbons (Fsp3) is 0. The van der Waals surface area contributed by atoms with E-state index in [1.54, 1.807) is 18.2 Å². The molecular weight excluding hydrogens is 244 g/mol. The fourth-order valence-corrected chi connectivity index (χ4v) is 1.73. The Balaban J connectivity index is 2.70. The molecule has 0 bridgehead atoms. The topological polar surface area (TPSA) is 23.8 Å². The van der Waals surface area contributed by atoms with E-state index in [0.717, 1.165) is 12.1 Å². The fourth-order valence-electron chi connectivity index (χ4n) is 1.50. The summed E-state index contributed by atoms with van der Waals surface area (Å²) in [5.74, 6) is -1.63. The summed E-state index contributed by atoms with van der Waals surface area (Å²) in [6, 6.07) is 10.9. The first-order valence-corrected chi connectivity index (χ1v) is 5.07. The van der Waals surface area contributed by atoms with Gasteiger partial charge in [0.1, 0.15) is 11.6 Å². The SMILES string of the molecule is N#Cc1cc(F)c(-c2ccc[c]c2Cl)c(F)c1. The molecule has 0 aliphatic rings. The highest BCUT2D eigenvalue weighted by molar-refractivity contribution is 6.33. The van der Waals surface area contributed by atoms with Crippen LogP contribution in [0.3, 0.4) is 0 Å². The Labute approximate surface area is 102 Å². The van der Waals surface area contributed by atoms with Crippen LogP contribution < -0.4 is 0 Å². The van der Waals surface area contributed by atoms with E-state index in [4.69, 9.17) is 16.9 Å². The lowest BCUT2D eigenvalue weighted by Gasteiger charge is -2.07. The molecule has 83 valence electrons. The number of nitrogens with zero attached hydrogens (tertiary/aromatic N) is 1. The van der Waals surface area contributed by atoms with Crippen molar-refractivity contribution in [3.63, 3.8) is 0 Å². The zero-order chi connectivity index (χ0) is 12.4. The summed E-state index contributed by atoms with van der Waals surface area (Å²) in [6.07, 6.45) is 0. The van der Waals surface area contributed by atoms with Crippen molar-refractivity contribution < 1.29 is 8.78 Å². The molecule has 0 spiro atoms. The quantitative estimate of drug-likeness (QED) is 0.749. The van der Waals surface area contributed by atoms with E-state index >= 15 is 0 Å². The van der Waals surface area contributed by atoms with E-state index in [0.29, 0.717) is 0 Å². The van der Waals surface area contributed by atoms with Gasteiger partial charge in [0, 0.05) is 11.6 Å². The molecule has 2 aromatic carbocycles. The minimum Gasteiger partial charge on any atom is -0.206 e. The molecule has 0 N–H and O–H groups in total. The maximum Gasteiger partial charge on any atom is 0.135 e. The van der Waals surface area contributed by atoms with Crippen LogP contribution in [-0.2, 0) is 0 Å². The molecule has 0 saturated carbocycles. The monoisotopic (exact) mass is 248 g/mol. The Morgan fingerprint density at radius 1 is 1.24 bits per heavy atom.